The molecule has 0 fully saturated rings. The van der Waals surface area contributed by atoms with Crippen molar-refractivity contribution in [1.29, 1.82) is 0 Å². The number of fused-ring (bicyclic) bond motifs is 1. The van der Waals surface area contributed by atoms with E-state index >= 15 is 0 Å². The molecule has 0 saturated carbocycles. The molecule has 0 saturated heterocycles. The summed E-state index contributed by atoms with van der Waals surface area (Å²) in [7, 11) is 0. The van der Waals surface area contributed by atoms with Crippen molar-refractivity contribution in [2.24, 2.45) is 0 Å². The minimum Gasteiger partial charge on any atom is -0.398 e. The van der Waals surface area contributed by atoms with Crippen molar-refractivity contribution in [3.8, 4) is 0 Å². The highest BCUT2D eigenvalue weighted by atomic mass is 79.9. The highest BCUT2D eigenvalue weighted by Crippen LogP contribution is 2.33. The number of rotatable bonds is 1. The number of benzene rings is 1. The lowest BCUT2D eigenvalue weighted by Gasteiger charge is -2.02. The van der Waals surface area contributed by atoms with E-state index in [4.69, 9.17) is 5.73 Å². The summed E-state index contributed by atoms with van der Waals surface area (Å²) in [6.45, 7) is 2.11. The number of aryl methyl sites for hydroxylation is 1. The van der Waals surface area contributed by atoms with Crippen LogP contribution in [0.5, 0.6) is 0 Å². The molecule has 2 N–H and O–H groups in total. The summed E-state index contributed by atoms with van der Waals surface area (Å²) in [5.74, 6) is 0. The zero-order chi connectivity index (χ0) is 9.42. The third-order valence-electron chi connectivity index (χ3n) is 2.07. The lowest BCUT2D eigenvalue weighted by Crippen LogP contribution is -1.86. The number of thiophene rings is 1. The van der Waals surface area contributed by atoms with Crippen LogP contribution < -0.4 is 5.73 Å². The molecule has 13 heavy (non-hydrogen) atoms. The molecule has 2 rings (SSSR count). The maximum atomic E-state index is 5.89. The molecule has 68 valence electrons. The first-order valence-electron chi connectivity index (χ1n) is 4.04. The average molecular weight is 256 g/mol. The summed E-state index contributed by atoms with van der Waals surface area (Å²) in [4.78, 5) is 0. The summed E-state index contributed by atoms with van der Waals surface area (Å²) in [6.07, 6.45) is 0. The van der Waals surface area contributed by atoms with Crippen LogP contribution in [-0.2, 0) is 5.33 Å². The molecule has 0 aliphatic heterocycles. The van der Waals surface area contributed by atoms with Crippen LogP contribution in [0.15, 0.2) is 17.5 Å². The highest BCUT2D eigenvalue weighted by molar-refractivity contribution is 9.08. The molecule has 1 heterocycles. The summed E-state index contributed by atoms with van der Waals surface area (Å²) >= 11 is 5.19. The van der Waals surface area contributed by atoms with E-state index in [1.165, 1.54) is 21.2 Å². The quantitative estimate of drug-likeness (QED) is 0.774. The van der Waals surface area contributed by atoms with Gasteiger partial charge in [-0.25, -0.2) is 0 Å². The van der Waals surface area contributed by atoms with Crippen molar-refractivity contribution in [2.75, 3.05) is 5.73 Å². The molecule has 0 bridgehead atoms. The highest BCUT2D eigenvalue weighted by Gasteiger charge is 2.06. The summed E-state index contributed by atoms with van der Waals surface area (Å²) in [6, 6.07) is 4.36. The van der Waals surface area contributed by atoms with Gasteiger partial charge in [0.25, 0.3) is 0 Å². The number of hydrogen-bond donors (Lipinski definition) is 1. The molecule has 0 amide bonds. The second kappa shape index (κ2) is 3.31. The molecular weight excluding hydrogens is 246 g/mol. The standard InChI is InChI=1S/C10H10BrNS/c1-6-2-7(4-11)10-8(12)5-13-9(10)3-6/h2-3,5H,4,12H2,1H3. The van der Waals surface area contributed by atoms with Crippen molar-refractivity contribution < 1.29 is 0 Å². The van der Waals surface area contributed by atoms with Gasteiger partial charge in [-0.05, 0) is 24.1 Å². The van der Waals surface area contributed by atoms with Crippen LogP contribution in [0, 0.1) is 6.92 Å². The molecule has 0 aliphatic carbocycles. The molecule has 1 nitrogen and oxygen atoms in total. The van der Waals surface area contributed by atoms with Crippen LogP contribution in [-0.4, -0.2) is 0 Å². The van der Waals surface area contributed by atoms with Crippen molar-refractivity contribution in [3.05, 3.63) is 28.6 Å². The van der Waals surface area contributed by atoms with Crippen molar-refractivity contribution in [2.45, 2.75) is 12.3 Å². The predicted octanol–water partition coefficient (Wildman–Crippen LogP) is 3.69. The molecule has 0 atom stereocenters. The van der Waals surface area contributed by atoms with Gasteiger partial charge in [-0.15, -0.1) is 11.3 Å². The van der Waals surface area contributed by atoms with Crippen LogP contribution in [0.25, 0.3) is 10.1 Å². The Hall–Kier alpha value is -0.540. The maximum Gasteiger partial charge on any atom is 0.0505 e. The van der Waals surface area contributed by atoms with Crippen LogP contribution in [0.2, 0.25) is 0 Å². The minimum absolute atomic E-state index is 0.867. The number of halogens is 1. The molecule has 0 radical (unpaired) electrons. The number of nitrogen functional groups attached to an aromatic ring is 1. The number of anilines is 1. The fourth-order valence-corrected chi connectivity index (χ4v) is 2.97. The summed E-state index contributed by atoms with van der Waals surface area (Å²) in [5, 5.41) is 4.09. The van der Waals surface area contributed by atoms with Crippen molar-refractivity contribution in [3.63, 3.8) is 0 Å². The van der Waals surface area contributed by atoms with Gasteiger partial charge in [0.1, 0.15) is 0 Å². The van der Waals surface area contributed by atoms with Gasteiger partial charge in [0, 0.05) is 20.8 Å². The van der Waals surface area contributed by atoms with E-state index in [-0.39, 0.29) is 0 Å². The van der Waals surface area contributed by atoms with Gasteiger partial charge in [-0.1, -0.05) is 22.0 Å². The number of alkyl halides is 1. The third-order valence-corrected chi connectivity index (χ3v) is 3.63. The Bertz CT molecular complexity index is 447. The van der Waals surface area contributed by atoms with E-state index in [1.807, 2.05) is 5.38 Å². The summed E-state index contributed by atoms with van der Waals surface area (Å²) in [5.41, 5.74) is 9.37. The normalized spacial score (nSPS) is 10.9. The Morgan fingerprint density at radius 1 is 1.46 bits per heavy atom. The molecule has 1 aromatic carbocycles. The minimum atomic E-state index is 0.867. The topological polar surface area (TPSA) is 26.0 Å². The van der Waals surface area contributed by atoms with Gasteiger partial charge in [0.2, 0.25) is 0 Å². The fourth-order valence-electron chi connectivity index (χ4n) is 1.54. The summed E-state index contributed by atoms with van der Waals surface area (Å²) < 4.78 is 1.28. The second-order valence-corrected chi connectivity index (χ2v) is 4.59. The Kier molecular flexibility index (Phi) is 2.30. The lowest BCUT2D eigenvalue weighted by atomic mass is 10.1. The van der Waals surface area contributed by atoms with Crippen LogP contribution in [0.3, 0.4) is 0 Å². The third kappa shape index (κ3) is 1.46. The Labute approximate surface area is 89.7 Å². The van der Waals surface area contributed by atoms with E-state index in [2.05, 4.69) is 35.0 Å². The van der Waals surface area contributed by atoms with Crippen LogP contribution in [0.4, 0.5) is 5.69 Å². The first-order valence-corrected chi connectivity index (χ1v) is 6.04. The van der Waals surface area contributed by atoms with Gasteiger partial charge in [-0.3, -0.25) is 0 Å². The monoisotopic (exact) mass is 255 g/mol. The number of hydrogen-bond acceptors (Lipinski definition) is 2. The lowest BCUT2D eigenvalue weighted by molar-refractivity contribution is 1.42. The largest absolute Gasteiger partial charge is 0.398 e. The van der Waals surface area contributed by atoms with E-state index in [0.29, 0.717) is 0 Å². The maximum absolute atomic E-state index is 5.89. The zero-order valence-corrected chi connectivity index (χ0v) is 9.71. The van der Waals surface area contributed by atoms with E-state index in [1.54, 1.807) is 11.3 Å². The zero-order valence-electron chi connectivity index (χ0n) is 7.30. The van der Waals surface area contributed by atoms with E-state index in [9.17, 15) is 0 Å². The molecule has 3 heteroatoms. The van der Waals surface area contributed by atoms with Gasteiger partial charge in [0.15, 0.2) is 0 Å². The second-order valence-electron chi connectivity index (χ2n) is 3.12. The molecule has 0 unspecified atom stereocenters. The van der Waals surface area contributed by atoms with Gasteiger partial charge in [-0.2, -0.15) is 0 Å². The van der Waals surface area contributed by atoms with E-state index < -0.39 is 0 Å². The fraction of sp³-hybridized carbons (Fsp3) is 0.200. The molecule has 2 aromatic rings. The Morgan fingerprint density at radius 2 is 2.23 bits per heavy atom. The van der Waals surface area contributed by atoms with Crippen LogP contribution in [0.1, 0.15) is 11.1 Å². The van der Waals surface area contributed by atoms with Gasteiger partial charge in [0.05, 0.1) is 5.69 Å². The van der Waals surface area contributed by atoms with Crippen molar-refractivity contribution in [1.82, 2.24) is 0 Å². The molecular formula is C10H10BrNS. The molecule has 0 spiro atoms. The average Bonchev–Trinajstić information content (AvgIpc) is 2.46. The Morgan fingerprint density at radius 3 is 2.92 bits per heavy atom. The van der Waals surface area contributed by atoms with Crippen molar-refractivity contribution >= 4 is 43.0 Å². The first kappa shape index (κ1) is 9.03. The van der Waals surface area contributed by atoms with Gasteiger partial charge >= 0.3 is 0 Å². The smallest absolute Gasteiger partial charge is 0.0505 e. The SMILES string of the molecule is Cc1cc(CBr)c2c(N)csc2c1. The van der Waals surface area contributed by atoms with E-state index in [0.717, 1.165) is 11.0 Å². The van der Waals surface area contributed by atoms with Gasteiger partial charge < -0.3 is 5.73 Å². The Balaban J connectivity index is 2.85. The van der Waals surface area contributed by atoms with Crippen LogP contribution >= 0.6 is 27.3 Å². The number of nitrogens with two attached hydrogens (primary N) is 1. The predicted molar refractivity (Wildman–Crippen MR) is 63.6 cm³/mol. The molecule has 1 aromatic heterocycles. The molecule has 0 aliphatic rings. The first-order chi connectivity index (χ1) is 6.22.